The average Bonchev–Trinajstić information content (AvgIpc) is 1.81. The molecule has 0 fully saturated rings. The van der Waals surface area contributed by atoms with Gasteiger partial charge in [-0.05, 0) is 6.92 Å². The molecule has 0 rings (SSSR count). The third-order valence-electron chi connectivity index (χ3n) is 0.726. The number of alkyl halides is 1. The molecule has 0 aliphatic heterocycles. The monoisotopic (exact) mass is 252 g/mol. The Morgan fingerprint density at radius 1 is 1.23 bits per heavy atom. The van der Waals surface area contributed by atoms with Crippen LogP contribution < -0.4 is 0 Å². The van der Waals surface area contributed by atoms with E-state index in [9.17, 15) is 16.8 Å². The number of hydrogen-bond acceptors (Lipinski definition) is 6. The van der Waals surface area contributed by atoms with Crippen molar-refractivity contribution in [1.29, 1.82) is 0 Å². The van der Waals surface area contributed by atoms with Gasteiger partial charge in [0.25, 0.3) is 20.2 Å². The first kappa shape index (κ1) is 13.1. The predicted molar refractivity (Wildman–Crippen MR) is 46.1 cm³/mol. The van der Waals surface area contributed by atoms with Gasteiger partial charge in [0.2, 0.25) is 0 Å². The fraction of sp³-hybridized carbons (Fsp3) is 1.00. The van der Waals surface area contributed by atoms with Crippen molar-refractivity contribution >= 4 is 31.8 Å². The van der Waals surface area contributed by atoms with Gasteiger partial charge < -0.3 is 0 Å². The highest BCUT2D eigenvalue weighted by atomic mass is 35.5. The summed E-state index contributed by atoms with van der Waals surface area (Å²) in [7, 11) is -7.65. The van der Waals surface area contributed by atoms with Crippen LogP contribution in [0.1, 0.15) is 6.92 Å². The highest BCUT2D eigenvalue weighted by Crippen LogP contribution is 2.05. The van der Waals surface area contributed by atoms with Crippen LogP contribution in [-0.2, 0) is 28.6 Å². The first-order valence-corrected chi connectivity index (χ1v) is 6.94. The van der Waals surface area contributed by atoms with Crippen LogP contribution >= 0.6 is 11.6 Å². The zero-order valence-corrected chi connectivity index (χ0v) is 9.32. The van der Waals surface area contributed by atoms with Gasteiger partial charge in [-0.25, -0.2) is 8.37 Å². The Morgan fingerprint density at radius 3 is 2.00 bits per heavy atom. The van der Waals surface area contributed by atoms with E-state index in [1.807, 2.05) is 0 Å². The zero-order valence-electron chi connectivity index (χ0n) is 6.93. The lowest BCUT2D eigenvalue weighted by molar-refractivity contribution is 0.0359. The number of hydrogen-bond donors (Lipinski definition) is 0. The second-order valence-electron chi connectivity index (χ2n) is 2.13. The Morgan fingerprint density at radius 2 is 1.69 bits per heavy atom. The molecule has 0 heterocycles. The second-order valence-corrected chi connectivity index (χ2v) is 5.91. The van der Waals surface area contributed by atoms with Crippen LogP contribution in [0.5, 0.6) is 0 Å². The summed E-state index contributed by atoms with van der Waals surface area (Å²) in [5, 5.41) is -0.759. The quantitative estimate of drug-likeness (QED) is 0.384. The molecule has 1 atom stereocenters. The maximum absolute atomic E-state index is 10.7. The molecule has 0 saturated carbocycles. The molecule has 0 amide bonds. The van der Waals surface area contributed by atoms with Crippen molar-refractivity contribution in [3.63, 3.8) is 0 Å². The summed E-state index contributed by atoms with van der Waals surface area (Å²) >= 11 is 4.99. The summed E-state index contributed by atoms with van der Waals surface area (Å²) in [6.07, 6.45) is -0.626. The van der Waals surface area contributed by atoms with Crippen LogP contribution in [0, 0.1) is 0 Å². The van der Waals surface area contributed by atoms with Gasteiger partial charge in [-0.3, -0.25) is 0 Å². The van der Waals surface area contributed by atoms with Crippen LogP contribution in [0.4, 0.5) is 0 Å². The van der Waals surface area contributed by atoms with Crippen LogP contribution in [0.3, 0.4) is 0 Å². The summed E-state index contributed by atoms with van der Waals surface area (Å²) in [4.78, 5) is 0. The molecule has 0 radical (unpaired) electrons. The Balaban J connectivity index is 4.27. The van der Waals surface area contributed by atoms with E-state index in [0.717, 1.165) is 13.2 Å². The molecule has 0 spiro atoms. The van der Waals surface area contributed by atoms with Crippen molar-refractivity contribution in [3.8, 4) is 0 Å². The summed E-state index contributed by atoms with van der Waals surface area (Å²) in [6.45, 7) is 1.13. The molecule has 9 heteroatoms. The van der Waals surface area contributed by atoms with Gasteiger partial charge in [0, 0.05) is 0 Å². The normalized spacial score (nSPS) is 15.6. The molecule has 0 aliphatic carbocycles. The minimum atomic E-state index is -3.92. The van der Waals surface area contributed by atoms with Crippen LogP contribution in [-0.4, -0.2) is 34.6 Å². The molecule has 1 unspecified atom stereocenters. The lowest BCUT2D eigenvalue weighted by Gasteiger charge is -2.10. The number of halogens is 1. The third kappa shape index (κ3) is 7.20. The van der Waals surface area contributed by atoms with Crippen molar-refractivity contribution in [2.45, 2.75) is 13.2 Å². The van der Waals surface area contributed by atoms with Crippen molar-refractivity contribution in [2.75, 3.05) is 11.5 Å². The zero-order chi connectivity index (χ0) is 10.7. The molecule has 0 bridgehead atoms. The Bertz CT molecular complexity index is 343. The molecule has 6 nitrogen and oxygen atoms in total. The van der Waals surface area contributed by atoms with E-state index in [2.05, 4.69) is 8.37 Å². The molecule has 13 heavy (non-hydrogen) atoms. The van der Waals surface area contributed by atoms with Crippen molar-refractivity contribution in [3.05, 3.63) is 0 Å². The fourth-order valence-corrected chi connectivity index (χ4v) is 1.73. The molecule has 0 aliphatic rings. The van der Waals surface area contributed by atoms with Crippen molar-refractivity contribution in [1.82, 2.24) is 0 Å². The van der Waals surface area contributed by atoms with E-state index in [4.69, 9.17) is 11.6 Å². The molecule has 80 valence electrons. The molecule has 0 aromatic rings. The highest BCUT2D eigenvalue weighted by molar-refractivity contribution is 7.88. The van der Waals surface area contributed by atoms with Crippen molar-refractivity contribution in [2.24, 2.45) is 0 Å². The van der Waals surface area contributed by atoms with Gasteiger partial charge in [-0.2, -0.15) is 16.8 Å². The van der Waals surface area contributed by atoms with E-state index in [1.54, 1.807) is 0 Å². The van der Waals surface area contributed by atoms with E-state index >= 15 is 0 Å². The van der Waals surface area contributed by atoms with E-state index in [1.165, 1.54) is 0 Å². The third-order valence-corrected chi connectivity index (χ3v) is 2.98. The first-order valence-electron chi connectivity index (χ1n) is 3.01. The van der Waals surface area contributed by atoms with E-state index in [0.29, 0.717) is 0 Å². The molecule has 0 aromatic carbocycles. The van der Waals surface area contributed by atoms with Gasteiger partial charge in [-0.1, -0.05) is 0 Å². The lowest BCUT2D eigenvalue weighted by Crippen LogP contribution is -2.21. The SMILES string of the molecule is CC(OS(C)(=O)=O)OS(=O)(=O)CCl. The summed E-state index contributed by atoms with van der Waals surface area (Å²) in [5.41, 5.74) is 0. The Labute approximate surface area is 82.0 Å². The maximum atomic E-state index is 10.7. The van der Waals surface area contributed by atoms with Crippen LogP contribution in [0.2, 0.25) is 0 Å². The number of rotatable bonds is 5. The van der Waals surface area contributed by atoms with Crippen LogP contribution in [0.25, 0.3) is 0 Å². The van der Waals surface area contributed by atoms with Crippen molar-refractivity contribution < 1.29 is 25.2 Å². The summed E-state index contributed by atoms with van der Waals surface area (Å²) in [5.74, 6) is 0. The van der Waals surface area contributed by atoms with E-state index < -0.39 is 31.7 Å². The maximum Gasteiger partial charge on any atom is 0.284 e. The standard InChI is InChI=1S/C4H9ClO6S2/c1-4(10-12(2,6)7)11-13(8,9)3-5/h4H,3H2,1-2H3. The van der Waals surface area contributed by atoms with E-state index in [-0.39, 0.29) is 0 Å². The summed E-state index contributed by atoms with van der Waals surface area (Å²) in [6, 6.07) is 0. The minimum Gasteiger partial charge on any atom is -0.237 e. The Hall–Kier alpha value is 0.110. The second kappa shape index (κ2) is 4.56. The van der Waals surface area contributed by atoms with Gasteiger partial charge >= 0.3 is 0 Å². The largest absolute Gasteiger partial charge is 0.284 e. The molecular weight excluding hydrogens is 244 g/mol. The Kier molecular flexibility index (Phi) is 4.60. The highest BCUT2D eigenvalue weighted by Gasteiger charge is 2.18. The van der Waals surface area contributed by atoms with Crippen LogP contribution in [0.15, 0.2) is 0 Å². The van der Waals surface area contributed by atoms with Gasteiger partial charge in [0.05, 0.1) is 6.26 Å². The topological polar surface area (TPSA) is 86.7 Å². The average molecular weight is 253 g/mol. The molecule has 0 aromatic heterocycles. The molecule has 0 saturated heterocycles. The smallest absolute Gasteiger partial charge is 0.237 e. The fourth-order valence-electron chi connectivity index (χ4n) is 0.494. The minimum absolute atomic E-state index is 0.759. The first-order chi connectivity index (χ1) is 5.66. The predicted octanol–water partition coefficient (Wildman–Crippen LogP) is -0.149. The molecule has 0 N–H and O–H groups in total. The van der Waals surface area contributed by atoms with Gasteiger partial charge in [0.1, 0.15) is 5.21 Å². The summed E-state index contributed by atoms with van der Waals surface area (Å²) < 4.78 is 50.7. The van der Waals surface area contributed by atoms with Gasteiger partial charge in [-0.15, -0.1) is 11.6 Å². The lowest BCUT2D eigenvalue weighted by atomic mass is 10.8. The molecular formula is C4H9ClO6S2. The van der Waals surface area contributed by atoms with Gasteiger partial charge in [0.15, 0.2) is 6.29 Å².